The van der Waals surface area contributed by atoms with Gasteiger partial charge in [-0.2, -0.15) is 0 Å². The number of nitrogens with zero attached hydrogens (tertiary/aromatic N) is 1. The number of ether oxygens (including phenoxy) is 1. The fourth-order valence-corrected chi connectivity index (χ4v) is 4.72. The zero-order valence-electron chi connectivity index (χ0n) is 17.6. The van der Waals surface area contributed by atoms with Crippen LogP contribution in [0.1, 0.15) is 38.5 Å². The maximum atomic E-state index is 13.0. The van der Waals surface area contributed by atoms with Gasteiger partial charge in [-0.3, -0.25) is 0 Å². The van der Waals surface area contributed by atoms with Gasteiger partial charge in [0.05, 0.1) is 11.8 Å². The topological polar surface area (TPSA) is 61.8 Å². The smallest absolute Gasteiger partial charge is 0.321 e. The number of amides is 2. The van der Waals surface area contributed by atoms with Crippen LogP contribution in [0.3, 0.4) is 0 Å². The molecule has 0 radical (unpaired) electrons. The number of likely N-dealkylation sites (tertiary alicyclic amines) is 1. The predicted molar refractivity (Wildman–Crippen MR) is 119 cm³/mol. The molecule has 2 saturated heterocycles. The van der Waals surface area contributed by atoms with E-state index in [4.69, 9.17) is 4.74 Å². The van der Waals surface area contributed by atoms with Crippen LogP contribution < -0.4 is 5.32 Å². The van der Waals surface area contributed by atoms with E-state index < -0.39 is 0 Å². The Kier molecular flexibility index (Phi) is 6.70. The highest BCUT2D eigenvalue weighted by Gasteiger charge is 2.38. The van der Waals surface area contributed by atoms with Gasteiger partial charge in [0, 0.05) is 31.9 Å². The Morgan fingerprint density at radius 1 is 1.07 bits per heavy atom. The zero-order valence-corrected chi connectivity index (χ0v) is 17.6. The summed E-state index contributed by atoms with van der Waals surface area (Å²) in [5, 5.41) is 13.2. The summed E-state index contributed by atoms with van der Waals surface area (Å²) in [6.45, 7) is 2.32. The average Bonchev–Trinajstić information content (AvgIpc) is 2.81. The van der Waals surface area contributed by atoms with Crippen molar-refractivity contribution in [3.05, 3.63) is 54.6 Å². The Bertz CT molecular complexity index is 825. The van der Waals surface area contributed by atoms with E-state index in [0.29, 0.717) is 13.1 Å². The number of para-hydroxylation sites is 1. The fourth-order valence-electron chi connectivity index (χ4n) is 4.72. The van der Waals surface area contributed by atoms with Gasteiger partial charge in [0.15, 0.2) is 0 Å². The van der Waals surface area contributed by atoms with Crippen molar-refractivity contribution in [2.24, 2.45) is 5.41 Å². The van der Waals surface area contributed by atoms with Crippen LogP contribution in [0.2, 0.25) is 0 Å². The molecule has 0 bridgehead atoms. The third-order valence-electron chi connectivity index (χ3n) is 6.63. The molecular weight excluding hydrogens is 376 g/mol. The lowest BCUT2D eigenvalue weighted by atomic mass is 9.74. The minimum absolute atomic E-state index is 0.0705. The summed E-state index contributed by atoms with van der Waals surface area (Å²) in [5.74, 6) is 0. The monoisotopic (exact) mass is 408 g/mol. The Balaban J connectivity index is 1.38. The molecule has 5 nitrogen and oxygen atoms in total. The largest absolute Gasteiger partial charge is 0.396 e. The second-order valence-corrected chi connectivity index (χ2v) is 8.68. The van der Waals surface area contributed by atoms with Gasteiger partial charge in [-0.05, 0) is 55.6 Å². The molecule has 2 aliphatic heterocycles. The highest BCUT2D eigenvalue weighted by molar-refractivity contribution is 5.94. The molecule has 1 unspecified atom stereocenters. The molecule has 0 aliphatic carbocycles. The minimum atomic E-state index is -0.124. The summed E-state index contributed by atoms with van der Waals surface area (Å²) in [5.41, 5.74) is 2.80. The van der Waals surface area contributed by atoms with Gasteiger partial charge in [-0.15, -0.1) is 0 Å². The van der Waals surface area contributed by atoms with Crippen LogP contribution in [0.5, 0.6) is 0 Å². The summed E-state index contributed by atoms with van der Waals surface area (Å²) in [6, 6.07) is 17.9. The van der Waals surface area contributed by atoms with Crippen LogP contribution in [-0.4, -0.2) is 48.4 Å². The lowest BCUT2D eigenvalue weighted by molar-refractivity contribution is -0.0440. The van der Waals surface area contributed by atoms with Crippen LogP contribution in [0.25, 0.3) is 11.1 Å². The Morgan fingerprint density at radius 3 is 2.50 bits per heavy atom. The number of aliphatic hydroxyl groups excluding tert-OH is 1. The van der Waals surface area contributed by atoms with E-state index in [1.54, 1.807) is 0 Å². The van der Waals surface area contributed by atoms with Crippen molar-refractivity contribution in [3.8, 4) is 11.1 Å². The summed E-state index contributed by atoms with van der Waals surface area (Å²) in [4.78, 5) is 14.8. The number of hydrogen-bond acceptors (Lipinski definition) is 3. The van der Waals surface area contributed by atoms with E-state index in [0.717, 1.165) is 55.5 Å². The number of urea groups is 1. The Hall–Kier alpha value is -2.37. The SMILES string of the molecule is O=C(Nc1ccccc1-c1ccccc1)N1CCC(CO)(CC2CCCCO2)CC1. The highest BCUT2D eigenvalue weighted by atomic mass is 16.5. The number of benzene rings is 2. The van der Waals surface area contributed by atoms with Crippen LogP contribution in [0, 0.1) is 5.41 Å². The van der Waals surface area contributed by atoms with Gasteiger partial charge >= 0.3 is 6.03 Å². The third-order valence-corrected chi connectivity index (χ3v) is 6.63. The first-order chi connectivity index (χ1) is 14.7. The van der Waals surface area contributed by atoms with E-state index in [1.165, 1.54) is 6.42 Å². The molecule has 1 atom stereocenters. The molecule has 2 N–H and O–H groups in total. The van der Waals surface area contributed by atoms with Crippen LogP contribution in [-0.2, 0) is 4.74 Å². The molecule has 30 heavy (non-hydrogen) atoms. The summed E-state index contributed by atoms with van der Waals surface area (Å²) >= 11 is 0. The van der Waals surface area contributed by atoms with E-state index in [1.807, 2.05) is 47.4 Å². The molecule has 2 aromatic carbocycles. The van der Waals surface area contributed by atoms with E-state index >= 15 is 0 Å². The number of carbonyl (C=O) groups is 1. The quantitative estimate of drug-likeness (QED) is 0.738. The minimum Gasteiger partial charge on any atom is -0.396 e. The summed E-state index contributed by atoms with van der Waals surface area (Å²) in [7, 11) is 0. The van der Waals surface area contributed by atoms with Crippen molar-refractivity contribution in [1.29, 1.82) is 0 Å². The van der Waals surface area contributed by atoms with Crippen molar-refractivity contribution >= 4 is 11.7 Å². The molecule has 2 aliphatic rings. The van der Waals surface area contributed by atoms with E-state index in [2.05, 4.69) is 17.4 Å². The van der Waals surface area contributed by atoms with Gasteiger partial charge in [-0.1, -0.05) is 48.5 Å². The summed E-state index contributed by atoms with van der Waals surface area (Å²) < 4.78 is 5.91. The number of hydrogen-bond donors (Lipinski definition) is 2. The normalized spacial score (nSPS) is 21.2. The van der Waals surface area contributed by atoms with E-state index in [9.17, 15) is 9.90 Å². The predicted octanol–water partition coefficient (Wildman–Crippen LogP) is 4.92. The average molecular weight is 409 g/mol. The molecule has 2 aromatic rings. The fraction of sp³-hybridized carbons (Fsp3) is 0.480. The van der Waals surface area contributed by atoms with Crippen molar-refractivity contribution < 1.29 is 14.6 Å². The molecule has 2 heterocycles. The van der Waals surface area contributed by atoms with E-state index in [-0.39, 0.29) is 24.2 Å². The number of carbonyl (C=O) groups excluding carboxylic acids is 1. The van der Waals surface area contributed by atoms with Crippen molar-refractivity contribution in [2.45, 2.75) is 44.6 Å². The van der Waals surface area contributed by atoms with Crippen LogP contribution in [0.15, 0.2) is 54.6 Å². The second-order valence-electron chi connectivity index (χ2n) is 8.68. The van der Waals surface area contributed by atoms with Gasteiger partial charge in [-0.25, -0.2) is 4.79 Å². The third kappa shape index (κ3) is 4.85. The van der Waals surface area contributed by atoms with Crippen molar-refractivity contribution in [3.63, 3.8) is 0 Å². The first-order valence-electron chi connectivity index (χ1n) is 11.1. The van der Waals surface area contributed by atoms with Crippen LogP contribution in [0.4, 0.5) is 10.5 Å². The van der Waals surface area contributed by atoms with Gasteiger partial charge < -0.3 is 20.1 Å². The molecule has 0 aromatic heterocycles. The summed E-state index contributed by atoms with van der Waals surface area (Å²) in [6.07, 6.45) is 6.22. The lowest BCUT2D eigenvalue weighted by Crippen LogP contribution is -2.47. The molecule has 4 rings (SSSR count). The molecule has 0 spiro atoms. The first kappa shape index (κ1) is 20.9. The first-order valence-corrected chi connectivity index (χ1v) is 11.1. The molecule has 2 amide bonds. The molecule has 5 heteroatoms. The van der Waals surface area contributed by atoms with Crippen LogP contribution >= 0.6 is 0 Å². The number of aliphatic hydroxyl groups is 1. The van der Waals surface area contributed by atoms with Gasteiger partial charge in [0.1, 0.15) is 0 Å². The zero-order chi connectivity index (χ0) is 20.8. The standard InChI is InChI=1S/C25H32N2O3/c28-19-25(18-21-10-6-7-17-30-21)13-15-27(16-14-25)24(29)26-23-12-5-4-11-22(23)20-8-2-1-3-9-20/h1-5,8-9,11-12,21,28H,6-7,10,13-19H2,(H,26,29). The second kappa shape index (κ2) is 9.63. The van der Waals surface area contributed by atoms with Crippen molar-refractivity contribution in [1.82, 2.24) is 4.90 Å². The molecular formula is C25H32N2O3. The highest BCUT2D eigenvalue weighted by Crippen LogP contribution is 2.38. The van der Waals surface area contributed by atoms with Crippen molar-refractivity contribution in [2.75, 3.05) is 31.6 Å². The van der Waals surface area contributed by atoms with Gasteiger partial charge in [0.2, 0.25) is 0 Å². The molecule has 2 fully saturated rings. The maximum absolute atomic E-state index is 13.0. The number of rotatable bonds is 5. The lowest BCUT2D eigenvalue weighted by Gasteiger charge is -2.43. The molecule has 160 valence electrons. The number of anilines is 1. The Labute approximate surface area is 179 Å². The van der Waals surface area contributed by atoms with Gasteiger partial charge in [0.25, 0.3) is 0 Å². The molecule has 0 saturated carbocycles. The Morgan fingerprint density at radius 2 is 1.80 bits per heavy atom. The maximum Gasteiger partial charge on any atom is 0.321 e. The number of nitrogens with one attached hydrogen (secondary N) is 1. The number of piperidine rings is 1.